The summed E-state index contributed by atoms with van der Waals surface area (Å²) in [5.41, 5.74) is 7.60. The average Bonchev–Trinajstić information content (AvgIpc) is 2.69. The van der Waals surface area contributed by atoms with Crippen LogP contribution in [0.5, 0.6) is 5.75 Å². The molecule has 2 aromatic rings. The van der Waals surface area contributed by atoms with Gasteiger partial charge in [0, 0.05) is 5.56 Å². The number of methoxy groups -OCH3 is 1. The Morgan fingerprint density at radius 2 is 2.22 bits per heavy atom. The van der Waals surface area contributed by atoms with Crippen LogP contribution in [-0.4, -0.2) is 12.1 Å². The Labute approximate surface area is 109 Å². The molecule has 5 heteroatoms. The maximum atomic E-state index is 13.8. The van der Waals surface area contributed by atoms with Crippen LogP contribution >= 0.6 is 11.3 Å². The number of aryl methyl sites for hydroxylation is 1. The first kappa shape index (κ1) is 12.8. The van der Waals surface area contributed by atoms with Gasteiger partial charge in [0.2, 0.25) is 5.13 Å². The quantitative estimate of drug-likeness (QED) is 0.921. The Kier molecular flexibility index (Phi) is 3.81. The molecule has 0 atom stereocenters. The molecule has 0 saturated carbocycles. The van der Waals surface area contributed by atoms with E-state index in [0.717, 1.165) is 29.7 Å². The minimum Gasteiger partial charge on any atom is -0.496 e. The molecule has 2 N–H and O–H groups in total. The third kappa shape index (κ3) is 2.46. The number of hydrogen-bond donors (Lipinski definition) is 1. The number of nitrogens with zero attached hydrogens (tertiary/aromatic N) is 1. The second-order valence-corrected chi connectivity index (χ2v) is 4.94. The van der Waals surface area contributed by atoms with E-state index >= 15 is 0 Å². The van der Waals surface area contributed by atoms with Crippen LogP contribution < -0.4 is 10.5 Å². The molecule has 1 aromatic heterocycles. The molecule has 0 radical (unpaired) electrons. The van der Waals surface area contributed by atoms with Crippen molar-refractivity contribution in [3.05, 3.63) is 28.9 Å². The van der Waals surface area contributed by atoms with E-state index in [0.29, 0.717) is 11.3 Å². The van der Waals surface area contributed by atoms with Crippen LogP contribution in [0, 0.1) is 5.13 Å². The molecule has 96 valence electrons. The number of halogens is 1. The summed E-state index contributed by atoms with van der Waals surface area (Å²) in [7, 11) is 1.56. The predicted molar refractivity (Wildman–Crippen MR) is 72.5 cm³/mol. The van der Waals surface area contributed by atoms with Crippen LogP contribution in [0.1, 0.15) is 18.9 Å². The molecule has 2 rings (SSSR count). The molecule has 1 heterocycles. The van der Waals surface area contributed by atoms with E-state index in [2.05, 4.69) is 11.9 Å². The summed E-state index contributed by atoms with van der Waals surface area (Å²) in [6, 6.07) is 5.74. The highest BCUT2D eigenvalue weighted by Gasteiger charge is 2.16. The van der Waals surface area contributed by atoms with E-state index in [1.54, 1.807) is 7.11 Å². The summed E-state index contributed by atoms with van der Waals surface area (Å²) in [6.07, 6.45) is 1.98. The number of benzene rings is 1. The minimum atomic E-state index is -0.376. The number of rotatable bonds is 4. The Morgan fingerprint density at radius 3 is 2.78 bits per heavy atom. The van der Waals surface area contributed by atoms with Gasteiger partial charge in [-0.25, -0.2) is 4.98 Å². The van der Waals surface area contributed by atoms with Gasteiger partial charge in [-0.1, -0.05) is 30.7 Å². The second-order valence-electron chi connectivity index (χ2n) is 3.96. The van der Waals surface area contributed by atoms with Crippen molar-refractivity contribution in [2.45, 2.75) is 19.8 Å². The van der Waals surface area contributed by atoms with E-state index in [-0.39, 0.29) is 16.0 Å². The average molecular weight is 266 g/mol. The third-order valence-corrected chi connectivity index (χ3v) is 3.33. The number of ether oxygens (including phenoxy) is 1. The molecule has 0 aliphatic heterocycles. The SMILES string of the molecule is CCCc1ccc(OC)c(-c2nc(N)sc2F)c1. The molecule has 0 fully saturated rings. The number of aromatic nitrogens is 1. The lowest BCUT2D eigenvalue weighted by Gasteiger charge is -2.08. The fourth-order valence-corrected chi connectivity index (χ4v) is 2.44. The Balaban J connectivity index is 2.53. The molecule has 1 aromatic carbocycles. The van der Waals surface area contributed by atoms with E-state index in [4.69, 9.17) is 10.5 Å². The molecule has 3 nitrogen and oxygen atoms in total. The highest BCUT2D eigenvalue weighted by atomic mass is 32.1. The first-order chi connectivity index (χ1) is 8.65. The highest BCUT2D eigenvalue weighted by Crippen LogP contribution is 2.35. The lowest BCUT2D eigenvalue weighted by Crippen LogP contribution is -1.93. The van der Waals surface area contributed by atoms with E-state index in [1.165, 1.54) is 0 Å². The van der Waals surface area contributed by atoms with Gasteiger partial charge in [-0.05, 0) is 24.1 Å². The molecule has 0 bridgehead atoms. The van der Waals surface area contributed by atoms with Gasteiger partial charge in [-0.15, -0.1) is 0 Å². The number of nitrogens with two attached hydrogens (primary N) is 1. The Hall–Kier alpha value is -1.62. The number of hydrogen-bond acceptors (Lipinski definition) is 4. The van der Waals surface area contributed by atoms with Gasteiger partial charge in [-0.3, -0.25) is 0 Å². The zero-order chi connectivity index (χ0) is 13.1. The molecule has 0 saturated heterocycles. The zero-order valence-electron chi connectivity index (χ0n) is 10.4. The molecule has 0 aliphatic rings. The van der Waals surface area contributed by atoms with Crippen LogP contribution in [0.4, 0.5) is 9.52 Å². The van der Waals surface area contributed by atoms with Gasteiger partial charge in [0.05, 0.1) is 7.11 Å². The smallest absolute Gasteiger partial charge is 0.206 e. The van der Waals surface area contributed by atoms with Gasteiger partial charge < -0.3 is 10.5 Å². The van der Waals surface area contributed by atoms with E-state index in [1.807, 2.05) is 18.2 Å². The van der Waals surface area contributed by atoms with Crippen molar-refractivity contribution in [3.8, 4) is 17.0 Å². The summed E-state index contributed by atoms with van der Waals surface area (Å²) in [4.78, 5) is 4.03. The minimum absolute atomic E-state index is 0.227. The third-order valence-electron chi connectivity index (χ3n) is 2.66. The fraction of sp³-hybridized carbons (Fsp3) is 0.308. The normalized spacial score (nSPS) is 10.6. The monoisotopic (exact) mass is 266 g/mol. The van der Waals surface area contributed by atoms with Crippen molar-refractivity contribution < 1.29 is 9.13 Å². The molecular formula is C13H15FN2OS. The standard InChI is InChI=1S/C13H15FN2OS/c1-3-4-8-5-6-10(17-2)9(7-8)11-12(14)18-13(15)16-11/h5-7H,3-4H2,1-2H3,(H2,15,16). The van der Waals surface area contributed by atoms with E-state index in [9.17, 15) is 4.39 Å². The van der Waals surface area contributed by atoms with Crippen LogP contribution in [0.2, 0.25) is 0 Å². The Bertz CT molecular complexity index is 554. The summed E-state index contributed by atoms with van der Waals surface area (Å²) < 4.78 is 19.0. The lowest BCUT2D eigenvalue weighted by molar-refractivity contribution is 0.416. The van der Waals surface area contributed by atoms with E-state index < -0.39 is 0 Å². The Morgan fingerprint density at radius 1 is 1.44 bits per heavy atom. The van der Waals surface area contributed by atoms with Gasteiger partial charge in [0.25, 0.3) is 0 Å². The van der Waals surface area contributed by atoms with Gasteiger partial charge in [-0.2, -0.15) is 4.39 Å². The first-order valence-corrected chi connectivity index (χ1v) is 6.56. The maximum absolute atomic E-state index is 13.8. The number of thiazole rings is 1. The van der Waals surface area contributed by atoms with Crippen molar-refractivity contribution in [1.29, 1.82) is 0 Å². The first-order valence-electron chi connectivity index (χ1n) is 5.74. The largest absolute Gasteiger partial charge is 0.496 e. The van der Waals surface area contributed by atoms with Crippen LogP contribution in [0.15, 0.2) is 18.2 Å². The fourth-order valence-electron chi connectivity index (χ4n) is 1.87. The maximum Gasteiger partial charge on any atom is 0.206 e. The lowest BCUT2D eigenvalue weighted by atomic mass is 10.0. The zero-order valence-corrected chi connectivity index (χ0v) is 11.2. The predicted octanol–water partition coefficient (Wildman–Crippen LogP) is 3.49. The molecule has 18 heavy (non-hydrogen) atoms. The summed E-state index contributed by atoms with van der Waals surface area (Å²) in [5.74, 6) is 0.610. The molecule has 0 unspecified atom stereocenters. The van der Waals surface area contributed by atoms with Gasteiger partial charge >= 0.3 is 0 Å². The number of anilines is 1. The summed E-state index contributed by atoms with van der Waals surface area (Å²) >= 11 is 0.847. The summed E-state index contributed by atoms with van der Waals surface area (Å²) in [5, 5.41) is -0.148. The van der Waals surface area contributed by atoms with Crippen molar-refractivity contribution in [2.75, 3.05) is 12.8 Å². The van der Waals surface area contributed by atoms with Crippen LogP contribution in [0.25, 0.3) is 11.3 Å². The molecule has 0 spiro atoms. The topological polar surface area (TPSA) is 48.1 Å². The van der Waals surface area contributed by atoms with Crippen molar-refractivity contribution in [1.82, 2.24) is 4.98 Å². The summed E-state index contributed by atoms with van der Waals surface area (Å²) in [6.45, 7) is 2.10. The van der Waals surface area contributed by atoms with Crippen LogP contribution in [-0.2, 0) is 6.42 Å². The van der Waals surface area contributed by atoms with Crippen molar-refractivity contribution in [3.63, 3.8) is 0 Å². The molecule has 0 aliphatic carbocycles. The van der Waals surface area contributed by atoms with Crippen LogP contribution in [0.3, 0.4) is 0 Å². The van der Waals surface area contributed by atoms with Gasteiger partial charge in [0.1, 0.15) is 11.4 Å². The number of nitrogen functional groups attached to an aromatic ring is 1. The van der Waals surface area contributed by atoms with Gasteiger partial charge in [0.15, 0.2) is 5.13 Å². The highest BCUT2D eigenvalue weighted by molar-refractivity contribution is 7.14. The molecule has 0 amide bonds. The second kappa shape index (κ2) is 5.35. The van der Waals surface area contributed by atoms with Crippen molar-refractivity contribution >= 4 is 16.5 Å². The molecular weight excluding hydrogens is 251 g/mol. The van der Waals surface area contributed by atoms with Crippen molar-refractivity contribution in [2.24, 2.45) is 0 Å².